The van der Waals surface area contributed by atoms with Crippen molar-refractivity contribution in [2.75, 3.05) is 19.0 Å². The third kappa shape index (κ3) is 3.50. The molecule has 0 saturated carbocycles. The summed E-state index contributed by atoms with van der Waals surface area (Å²) in [6, 6.07) is -0.0810. The topological polar surface area (TPSA) is 61.4 Å². The molecule has 0 radical (unpaired) electrons. The van der Waals surface area contributed by atoms with Crippen molar-refractivity contribution in [2.45, 2.75) is 25.0 Å². The summed E-state index contributed by atoms with van der Waals surface area (Å²) in [6.45, 7) is 1.14. The molecule has 1 saturated heterocycles. The zero-order valence-electron chi connectivity index (χ0n) is 7.42. The van der Waals surface area contributed by atoms with Crippen LogP contribution in [0.1, 0.15) is 12.8 Å². The number of amides is 1. The highest BCUT2D eigenvalue weighted by Crippen LogP contribution is 2.04. The summed E-state index contributed by atoms with van der Waals surface area (Å²) in [5.41, 5.74) is 0. The van der Waals surface area contributed by atoms with Gasteiger partial charge in [0.2, 0.25) is 5.91 Å². The second kappa shape index (κ2) is 5.42. The van der Waals surface area contributed by atoms with Gasteiger partial charge in [0, 0.05) is 6.54 Å². The zero-order valence-corrected chi connectivity index (χ0v) is 8.18. The monoisotopic (exact) mass is 206 g/mol. The molecule has 0 bridgehead atoms. The van der Waals surface area contributed by atoms with Gasteiger partial charge in [0.15, 0.2) is 0 Å². The minimum absolute atomic E-state index is 0.0401. The van der Waals surface area contributed by atoms with Crippen LogP contribution in [0.5, 0.6) is 0 Å². The molecule has 0 aromatic rings. The number of halogens is 1. The van der Waals surface area contributed by atoms with E-state index in [0.717, 1.165) is 19.4 Å². The first-order valence-electron chi connectivity index (χ1n) is 4.49. The van der Waals surface area contributed by atoms with Crippen LogP contribution in [-0.4, -0.2) is 42.1 Å². The van der Waals surface area contributed by atoms with Crippen LogP contribution in [0.2, 0.25) is 0 Å². The lowest BCUT2D eigenvalue weighted by atomic mass is 10.2. The average molecular weight is 207 g/mol. The maximum Gasteiger partial charge on any atom is 0.237 e. The van der Waals surface area contributed by atoms with Crippen molar-refractivity contribution in [3.63, 3.8) is 0 Å². The summed E-state index contributed by atoms with van der Waals surface area (Å²) in [4.78, 5) is 11.3. The fourth-order valence-electron chi connectivity index (χ4n) is 1.30. The van der Waals surface area contributed by atoms with Gasteiger partial charge in [-0.3, -0.25) is 4.79 Å². The van der Waals surface area contributed by atoms with Crippen molar-refractivity contribution in [3.05, 3.63) is 0 Å². The van der Waals surface area contributed by atoms with Gasteiger partial charge in [0.25, 0.3) is 0 Å². The van der Waals surface area contributed by atoms with Gasteiger partial charge in [-0.15, -0.1) is 11.6 Å². The van der Waals surface area contributed by atoms with E-state index in [0.29, 0.717) is 0 Å². The predicted octanol–water partition coefficient (Wildman–Crippen LogP) is -0.546. The van der Waals surface area contributed by atoms with Crippen LogP contribution in [0.3, 0.4) is 0 Å². The maximum absolute atomic E-state index is 11.3. The van der Waals surface area contributed by atoms with Crippen LogP contribution < -0.4 is 10.6 Å². The van der Waals surface area contributed by atoms with Crippen LogP contribution in [0.25, 0.3) is 0 Å². The van der Waals surface area contributed by atoms with Gasteiger partial charge < -0.3 is 15.7 Å². The van der Waals surface area contributed by atoms with E-state index >= 15 is 0 Å². The van der Waals surface area contributed by atoms with Crippen LogP contribution in [-0.2, 0) is 4.79 Å². The van der Waals surface area contributed by atoms with Gasteiger partial charge in [-0.1, -0.05) is 0 Å². The Labute approximate surface area is 82.6 Å². The molecule has 0 spiro atoms. The number of alkyl halides is 1. The Morgan fingerprint density at radius 2 is 2.54 bits per heavy atom. The molecule has 76 valence electrons. The van der Waals surface area contributed by atoms with Gasteiger partial charge in [-0.25, -0.2) is 0 Å². The van der Waals surface area contributed by atoms with Crippen molar-refractivity contribution in [1.82, 2.24) is 10.6 Å². The number of aliphatic hydroxyl groups is 1. The highest BCUT2D eigenvalue weighted by molar-refractivity contribution is 6.18. The number of rotatable bonds is 4. The number of hydrogen-bond donors (Lipinski definition) is 3. The second-order valence-corrected chi connectivity index (χ2v) is 3.51. The van der Waals surface area contributed by atoms with E-state index < -0.39 is 6.10 Å². The lowest BCUT2D eigenvalue weighted by Crippen LogP contribution is -2.43. The highest BCUT2D eigenvalue weighted by Gasteiger charge is 2.21. The lowest BCUT2D eigenvalue weighted by Gasteiger charge is -2.12. The Balaban J connectivity index is 2.16. The summed E-state index contributed by atoms with van der Waals surface area (Å²) in [7, 11) is 0. The minimum atomic E-state index is -0.646. The van der Waals surface area contributed by atoms with Gasteiger partial charge in [0.05, 0.1) is 18.0 Å². The van der Waals surface area contributed by atoms with E-state index in [4.69, 9.17) is 16.7 Å². The molecule has 1 aliphatic heterocycles. The van der Waals surface area contributed by atoms with Gasteiger partial charge >= 0.3 is 0 Å². The third-order valence-corrected chi connectivity index (χ3v) is 2.42. The number of carbonyl (C=O) groups excluding carboxylic acids is 1. The average Bonchev–Trinajstić information content (AvgIpc) is 2.66. The summed E-state index contributed by atoms with van der Waals surface area (Å²) in [5.74, 6) is 0.111. The summed E-state index contributed by atoms with van der Waals surface area (Å²) in [6.07, 6.45) is 1.27. The van der Waals surface area contributed by atoms with Gasteiger partial charge in [0.1, 0.15) is 0 Å². The molecular weight excluding hydrogens is 192 g/mol. The quantitative estimate of drug-likeness (QED) is 0.542. The van der Waals surface area contributed by atoms with Crippen molar-refractivity contribution >= 4 is 17.5 Å². The largest absolute Gasteiger partial charge is 0.390 e. The fraction of sp³-hybridized carbons (Fsp3) is 0.875. The van der Waals surface area contributed by atoms with Crippen molar-refractivity contribution in [3.8, 4) is 0 Å². The van der Waals surface area contributed by atoms with Crippen LogP contribution in [0.15, 0.2) is 0 Å². The molecule has 3 N–H and O–H groups in total. The molecule has 5 heteroatoms. The zero-order chi connectivity index (χ0) is 9.68. The van der Waals surface area contributed by atoms with Crippen molar-refractivity contribution in [1.29, 1.82) is 0 Å². The molecule has 1 fully saturated rings. The summed E-state index contributed by atoms with van der Waals surface area (Å²) < 4.78 is 0. The van der Waals surface area contributed by atoms with Crippen LogP contribution >= 0.6 is 11.6 Å². The molecule has 1 rings (SSSR count). The summed E-state index contributed by atoms with van der Waals surface area (Å²) in [5, 5.41) is 14.8. The van der Waals surface area contributed by atoms with Crippen molar-refractivity contribution in [2.24, 2.45) is 0 Å². The van der Waals surface area contributed by atoms with E-state index in [1.807, 2.05) is 0 Å². The number of aliphatic hydroxyl groups excluding tert-OH is 1. The van der Waals surface area contributed by atoms with E-state index in [-0.39, 0.29) is 24.4 Å². The molecule has 0 aliphatic carbocycles. The van der Waals surface area contributed by atoms with Gasteiger partial charge in [-0.2, -0.15) is 0 Å². The first-order valence-corrected chi connectivity index (χ1v) is 5.02. The SMILES string of the molecule is O=C(NC[C@@H](O)CCl)[C@H]1CCCN1. The molecule has 4 nitrogen and oxygen atoms in total. The van der Waals surface area contributed by atoms with Crippen LogP contribution in [0, 0.1) is 0 Å². The first-order chi connectivity index (χ1) is 6.24. The number of hydrogen-bond acceptors (Lipinski definition) is 3. The second-order valence-electron chi connectivity index (χ2n) is 3.20. The summed E-state index contributed by atoms with van der Waals surface area (Å²) >= 11 is 5.38. The van der Waals surface area contributed by atoms with E-state index in [1.54, 1.807) is 0 Å². The molecule has 2 atom stereocenters. The molecule has 1 heterocycles. The number of nitrogens with one attached hydrogen (secondary N) is 2. The van der Waals surface area contributed by atoms with Crippen molar-refractivity contribution < 1.29 is 9.90 Å². The fourth-order valence-corrected chi connectivity index (χ4v) is 1.41. The molecule has 0 aromatic heterocycles. The van der Waals surface area contributed by atoms with E-state index in [1.165, 1.54) is 0 Å². The Morgan fingerprint density at radius 1 is 1.77 bits per heavy atom. The Hall–Kier alpha value is -0.320. The normalized spacial score (nSPS) is 24.3. The van der Waals surface area contributed by atoms with Gasteiger partial charge in [-0.05, 0) is 19.4 Å². The standard InChI is InChI=1S/C8H15ClN2O2/c9-4-6(12)5-11-8(13)7-2-1-3-10-7/h6-7,10,12H,1-5H2,(H,11,13)/t6-,7+/m0/s1. The van der Waals surface area contributed by atoms with E-state index in [9.17, 15) is 4.79 Å². The molecule has 0 unspecified atom stereocenters. The first kappa shape index (κ1) is 10.8. The Kier molecular flexibility index (Phi) is 4.48. The predicted molar refractivity (Wildman–Crippen MR) is 50.8 cm³/mol. The molecule has 13 heavy (non-hydrogen) atoms. The maximum atomic E-state index is 11.3. The molecule has 0 aromatic carbocycles. The number of carbonyl (C=O) groups is 1. The molecule has 1 amide bonds. The lowest BCUT2D eigenvalue weighted by molar-refractivity contribution is -0.123. The molecular formula is C8H15ClN2O2. The Bertz CT molecular complexity index is 172. The van der Waals surface area contributed by atoms with Crippen LogP contribution in [0.4, 0.5) is 0 Å². The smallest absolute Gasteiger partial charge is 0.237 e. The molecule has 1 aliphatic rings. The Morgan fingerprint density at radius 3 is 3.08 bits per heavy atom. The third-order valence-electron chi connectivity index (χ3n) is 2.07. The van der Waals surface area contributed by atoms with E-state index in [2.05, 4.69) is 10.6 Å². The minimum Gasteiger partial charge on any atom is -0.390 e. The highest BCUT2D eigenvalue weighted by atomic mass is 35.5.